The number of alkyl halides is 6. The lowest BCUT2D eigenvalue weighted by atomic mass is 9.88. The molecule has 1 aliphatic heterocycles. The first-order valence-electron chi connectivity index (χ1n) is 5.66. The number of primary amides is 1. The van der Waals surface area contributed by atoms with E-state index in [1.165, 1.54) is 13.1 Å². The van der Waals surface area contributed by atoms with Gasteiger partial charge in [-0.3, -0.25) is 4.79 Å². The Labute approximate surface area is 112 Å². The highest BCUT2D eigenvalue weighted by Crippen LogP contribution is 2.49. The summed E-state index contributed by atoms with van der Waals surface area (Å²) in [5, 5.41) is 3.27. The molecule has 1 amide bonds. The molecule has 0 atom stereocenters. The van der Waals surface area contributed by atoms with Gasteiger partial charge in [-0.05, 0) is 14.0 Å². The monoisotopic (exact) mass is 309 g/mol. The fourth-order valence-corrected chi connectivity index (χ4v) is 1.22. The molecule has 3 N–H and O–H groups in total. The average molecular weight is 309 g/mol. The second-order valence-corrected chi connectivity index (χ2v) is 4.54. The van der Waals surface area contributed by atoms with E-state index >= 15 is 0 Å². The van der Waals surface area contributed by atoms with Gasteiger partial charge in [-0.2, -0.15) is 26.3 Å². The summed E-state index contributed by atoms with van der Waals surface area (Å²) in [7, 11) is 2.15. The van der Waals surface area contributed by atoms with Crippen molar-refractivity contribution in [3.05, 3.63) is 0 Å². The van der Waals surface area contributed by atoms with Gasteiger partial charge < -0.3 is 16.0 Å². The number of hydrogen-bond acceptors (Lipinski definition) is 3. The van der Waals surface area contributed by atoms with E-state index in [0.29, 0.717) is 0 Å². The summed E-state index contributed by atoms with van der Waals surface area (Å²) >= 11 is 0. The van der Waals surface area contributed by atoms with Crippen LogP contribution in [-0.4, -0.2) is 56.4 Å². The van der Waals surface area contributed by atoms with E-state index in [1.54, 1.807) is 0 Å². The Balaban J connectivity index is 0.000000428. The summed E-state index contributed by atoms with van der Waals surface area (Å²) in [5.74, 6) is -2.47. The molecule has 1 rings (SSSR count). The highest BCUT2D eigenvalue weighted by molar-refractivity contribution is 5.82. The number of piperazine rings is 1. The molecule has 0 aliphatic carbocycles. The Hall–Kier alpha value is -1.03. The summed E-state index contributed by atoms with van der Waals surface area (Å²) < 4.78 is 71.0. The van der Waals surface area contributed by atoms with Crippen LogP contribution in [0.25, 0.3) is 0 Å². The van der Waals surface area contributed by atoms with Crippen molar-refractivity contribution >= 4 is 5.91 Å². The van der Waals surface area contributed by atoms with Crippen LogP contribution in [0, 0.1) is 5.41 Å². The number of nitrogens with one attached hydrogen (secondary N) is 1. The summed E-state index contributed by atoms with van der Waals surface area (Å²) in [4.78, 5) is 12.4. The molecule has 1 fully saturated rings. The molecule has 0 spiro atoms. The first kappa shape index (κ1) is 19.0. The molecule has 0 radical (unpaired) electrons. The van der Waals surface area contributed by atoms with E-state index in [2.05, 4.69) is 23.0 Å². The largest absolute Gasteiger partial charge is 0.411 e. The van der Waals surface area contributed by atoms with Gasteiger partial charge in [0.1, 0.15) is 0 Å². The molecular weight excluding hydrogens is 292 g/mol. The lowest BCUT2D eigenvalue weighted by molar-refractivity contribution is -0.318. The number of carbonyl (C=O) groups is 1. The van der Waals surface area contributed by atoms with E-state index in [0.717, 1.165) is 13.1 Å². The first-order chi connectivity index (χ1) is 8.84. The van der Waals surface area contributed by atoms with Crippen LogP contribution in [0.5, 0.6) is 0 Å². The van der Waals surface area contributed by atoms with Crippen molar-refractivity contribution in [2.24, 2.45) is 11.1 Å². The average Bonchev–Trinajstić information content (AvgIpc) is 2.26. The van der Waals surface area contributed by atoms with Gasteiger partial charge in [0.25, 0.3) is 0 Å². The Bertz CT molecular complexity index is 308. The van der Waals surface area contributed by atoms with Crippen LogP contribution in [0.1, 0.15) is 6.92 Å². The zero-order valence-electron chi connectivity index (χ0n) is 11.0. The summed E-state index contributed by atoms with van der Waals surface area (Å²) in [5.41, 5.74) is -0.422. The van der Waals surface area contributed by atoms with Crippen LogP contribution in [-0.2, 0) is 4.79 Å². The predicted molar refractivity (Wildman–Crippen MR) is 59.8 cm³/mol. The molecule has 120 valence electrons. The minimum atomic E-state index is -5.74. The van der Waals surface area contributed by atoms with Gasteiger partial charge in [-0.15, -0.1) is 0 Å². The molecule has 20 heavy (non-hydrogen) atoms. The van der Waals surface area contributed by atoms with E-state index in [-0.39, 0.29) is 6.92 Å². The maximum atomic E-state index is 11.8. The Kier molecular flexibility index (Phi) is 6.27. The number of amides is 1. The number of rotatable bonds is 1. The Morgan fingerprint density at radius 3 is 1.50 bits per heavy atom. The summed E-state index contributed by atoms with van der Waals surface area (Å²) in [6.45, 7) is 4.45. The standard InChI is InChI=1S/C5H5F6NO.C5H12N2/c1-3(2(12)13,4(6,7)8)5(9,10)11;1-7-4-2-6-3-5-7/h1H3,(H2,12,13);6H,2-5H2,1H3. The maximum Gasteiger partial charge on any atom is 0.411 e. The van der Waals surface area contributed by atoms with Crippen LogP contribution < -0.4 is 11.1 Å². The van der Waals surface area contributed by atoms with Crippen LogP contribution in [0.3, 0.4) is 0 Å². The smallest absolute Gasteiger partial charge is 0.369 e. The van der Waals surface area contributed by atoms with E-state index in [9.17, 15) is 31.1 Å². The summed E-state index contributed by atoms with van der Waals surface area (Å²) in [6, 6.07) is 0. The van der Waals surface area contributed by atoms with Crippen LogP contribution >= 0.6 is 0 Å². The van der Waals surface area contributed by atoms with Crippen molar-refractivity contribution in [1.82, 2.24) is 10.2 Å². The Morgan fingerprint density at radius 1 is 1.05 bits per heavy atom. The second-order valence-electron chi connectivity index (χ2n) is 4.54. The molecule has 0 unspecified atom stereocenters. The quantitative estimate of drug-likeness (QED) is 0.714. The molecular formula is C10H17F6N3O. The van der Waals surface area contributed by atoms with Gasteiger partial charge in [0.05, 0.1) is 0 Å². The lowest BCUT2D eigenvalue weighted by Gasteiger charge is -2.30. The molecule has 0 aromatic rings. The van der Waals surface area contributed by atoms with Crippen LogP contribution in [0.2, 0.25) is 0 Å². The zero-order valence-corrected chi connectivity index (χ0v) is 11.0. The number of halogens is 6. The molecule has 1 heterocycles. The van der Waals surface area contributed by atoms with E-state index in [1.807, 2.05) is 0 Å². The molecule has 4 nitrogen and oxygen atoms in total. The van der Waals surface area contributed by atoms with E-state index in [4.69, 9.17) is 0 Å². The normalized spacial score (nSPS) is 18.2. The van der Waals surface area contributed by atoms with Crippen LogP contribution in [0.4, 0.5) is 26.3 Å². The number of nitrogens with two attached hydrogens (primary N) is 1. The van der Waals surface area contributed by atoms with Gasteiger partial charge in [0.15, 0.2) is 0 Å². The third kappa shape index (κ3) is 4.51. The van der Waals surface area contributed by atoms with Gasteiger partial charge in [0.2, 0.25) is 11.3 Å². The van der Waals surface area contributed by atoms with Gasteiger partial charge in [0, 0.05) is 26.2 Å². The zero-order chi connectivity index (χ0) is 16.2. The highest BCUT2D eigenvalue weighted by atomic mass is 19.4. The van der Waals surface area contributed by atoms with Gasteiger partial charge in [-0.25, -0.2) is 0 Å². The molecule has 0 aromatic carbocycles. The third-order valence-electron chi connectivity index (χ3n) is 2.97. The van der Waals surface area contributed by atoms with Crippen molar-refractivity contribution in [1.29, 1.82) is 0 Å². The molecule has 1 aliphatic rings. The minimum absolute atomic E-state index is 0.296. The lowest BCUT2D eigenvalue weighted by Crippen LogP contribution is -2.56. The number of hydrogen-bond donors (Lipinski definition) is 2. The predicted octanol–water partition coefficient (Wildman–Crippen LogP) is 1.12. The molecule has 1 saturated heterocycles. The van der Waals surface area contributed by atoms with Crippen molar-refractivity contribution < 1.29 is 31.1 Å². The molecule has 0 aromatic heterocycles. The molecule has 0 bridgehead atoms. The fraction of sp³-hybridized carbons (Fsp3) is 0.900. The summed E-state index contributed by atoms with van der Waals surface area (Å²) in [6.07, 6.45) is -11.5. The SMILES string of the molecule is CC(C(N)=O)(C(F)(F)F)C(F)(F)F.CN1CCNCC1. The Morgan fingerprint density at radius 2 is 1.40 bits per heavy atom. The van der Waals surface area contributed by atoms with Crippen molar-refractivity contribution in [2.45, 2.75) is 19.3 Å². The number of carbonyl (C=O) groups excluding carboxylic acids is 1. The van der Waals surface area contributed by atoms with Crippen molar-refractivity contribution in [3.8, 4) is 0 Å². The maximum absolute atomic E-state index is 11.8. The van der Waals surface area contributed by atoms with Crippen molar-refractivity contribution in [2.75, 3.05) is 33.2 Å². The fourth-order valence-electron chi connectivity index (χ4n) is 1.22. The van der Waals surface area contributed by atoms with E-state index < -0.39 is 23.7 Å². The number of nitrogens with zero attached hydrogens (tertiary/aromatic N) is 1. The third-order valence-corrected chi connectivity index (χ3v) is 2.97. The minimum Gasteiger partial charge on any atom is -0.369 e. The molecule has 0 saturated carbocycles. The first-order valence-corrected chi connectivity index (χ1v) is 5.66. The highest BCUT2D eigenvalue weighted by Gasteiger charge is 2.71. The van der Waals surface area contributed by atoms with Gasteiger partial charge >= 0.3 is 12.4 Å². The number of likely N-dealkylation sites (N-methyl/N-ethyl adjacent to an activating group) is 1. The topological polar surface area (TPSA) is 58.4 Å². The second kappa shape index (κ2) is 6.61. The van der Waals surface area contributed by atoms with Crippen molar-refractivity contribution in [3.63, 3.8) is 0 Å². The van der Waals surface area contributed by atoms with Gasteiger partial charge in [-0.1, -0.05) is 0 Å². The molecule has 10 heteroatoms. The van der Waals surface area contributed by atoms with Crippen LogP contribution in [0.15, 0.2) is 0 Å².